The van der Waals surface area contributed by atoms with Gasteiger partial charge in [0, 0.05) is 31.7 Å². The number of fused-ring (bicyclic) bond motifs is 1. The molecule has 0 aliphatic carbocycles. The van der Waals surface area contributed by atoms with E-state index >= 15 is 0 Å². The maximum Gasteiger partial charge on any atom is 0.187 e. The van der Waals surface area contributed by atoms with E-state index in [1.54, 1.807) is 6.21 Å². The minimum absolute atomic E-state index is 0.512. The molecule has 0 bridgehead atoms. The number of thiocarbonyl (C=S) groups is 1. The van der Waals surface area contributed by atoms with Crippen LogP contribution in [0.1, 0.15) is 12.5 Å². The van der Waals surface area contributed by atoms with E-state index in [1.807, 2.05) is 25.1 Å². The highest BCUT2D eigenvalue weighted by molar-refractivity contribution is 7.80. The topological polar surface area (TPSA) is 58.1 Å². The number of rotatable bonds is 7. The first-order valence-electron chi connectivity index (χ1n) is 9.29. The van der Waals surface area contributed by atoms with Gasteiger partial charge in [-0.3, -0.25) is 10.3 Å². The molecule has 3 rings (SSSR count). The lowest BCUT2D eigenvalue weighted by Gasteiger charge is -2.26. The Hall–Kier alpha value is -2.22. The van der Waals surface area contributed by atoms with Gasteiger partial charge in [0.2, 0.25) is 0 Å². The SMILES string of the molecule is CCOc1ccc2ccccc2c1/C=N/NC(=S)NCCN1CCOCC1. The first-order valence-corrected chi connectivity index (χ1v) is 9.70. The third-order valence-corrected chi connectivity index (χ3v) is 4.64. The lowest BCUT2D eigenvalue weighted by atomic mass is 10.0. The fourth-order valence-electron chi connectivity index (χ4n) is 3.04. The zero-order valence-corrected chi connectivity index (χ0v) is 16.4. The van der Waals surface area contributed by atoms with Crippen molar-refractivity contribution in [2.45, 2.75) is 6.92 Å². The summed E-state index contributed by atoms with van der Waals surface area (Å²) in [6.45, 7) is 7.85. The van der Waals surface area contributed by atoms with Crippen molar-refractivity contribution in [3.8, 4) is 5.75 Å². The van der Waals surface area contributed by atoms with E-state index in [0.717, 1.165) is 61.5 Å². The third-order valence-electron chi connectivity index (χ3n) is 4.41. The largest absolute Gasteiger partial charge is 0.493 e. The van der Waals surface area contributed by atoms with Gasteiger partial charge < -0.3 is 14.8 Å². The molecule has 0 saturated carbocycles. The summed E-state index contributed by atoms with van der Waals surface area (Å²) < 4.78 is 11.1. The molecule has 6 nitrogen and oxygen atoms in total. The molecule has 1 fully saturated rings. The van der Waals surface area contributed by atoms with Gasteiger partial charge in [-0.2, -0.15) is 5.10 Å². The van der Waals surface area contributed by atoms with Crippen LogP contribution in [0.2, 0.25) is 0 Å². The average Bonchev–Trinajstić information content (AvgIpc) is 2.70. The molecule has 1 saturated heterocycles. The Morgan fingerprint density at radius 2 is 2.07 bits per heavy atom. The van der Waals surface area contributed by atoms with Crippen LogP contribution in [0.25, 0.3) is 10.8 Å². The highest BCUT2D eigenvalue weighted by Crippen LogP contribution is 2.26. The van der Waals surface area contributed by atoms with E-state index in [9.17, 15) is 0 Å². The van der Waals surface area contributed by atoms with Gasteiger partial charge in [0.05, 0.1) is 26.0 Å². The summed E-state index contributed by atoms with van der Waals surface area (Å²) in [6, 6.07) is 12.2. The molecule has 1 aliphatic heterocycles. The second kappa shape index (κ2) is 10.2. The van der Waals surface area contributed by atoms with Crippen molar-refractivity contribution < 1.29 is 9.47 Å². The van der Waals surface area contributed by atoms with Gasteiger partial charge in [-0.05, 0) is 36.0 Å². The highest BCUT2D eigenvalue weighted by Gasteiger charge is 2.09. The Balaban J connectivity index is 1.56. The monoisotopic (exact) mass is 386 g/mol. The molecule has 0 atom stereocenters. The fourth-order valence-corrected chi connectivity index (χ4v) is 3.19. The van der Waals surface area contributed by atoms with Crippen LogP contribution in [0, 0.1) is 0 Å². The molecular formula is C20H26N4O2S. The number of nitrogens with one attached hydrogen (secondary N) is 2. The fraction of sp³-hybridized carbons (Fsp3) is 0.400. The van der Waals surface area contributed by atoms with E-state index in [2.05, 4.69) is 38.9 Å². The smallest absolute Gasteiger partial charge is 0.187 e. The van der Waals surface area contributed by atoms with Gasteiger partial charge in [-0.15, -0.1) is 0 Å². The Labute approximate surface area is 165 Å². The predicted octanol–water partition coefficient (Wildman–Crippen LogP) is 2.37. The summed E-state index contributed by atoms with van der Waals surface area (Å²) in [5, 5.41) is 10.2. The van der Waals surface area contributed by atoms with Crippen molar-refractivity contribution >= 4 is 34.3 Å². The van der Waals surface area contributed by atoms with Gasteiger partial charge in [-0.25, -0.2) is 0 Å². The van der Waals surface area contributed by atoms with Crippen molar-refractivity contribution in [1.82, 2.24) is 15.6 Å². The normalized spacial score (nSPS) is 15.1. The lowest BCUT2D eigenvalue weighted by Crippen LogP contribution is -2.42. The van der Waals surface area contributed by atoms with E-state index in [4.69, 9.17) is 21.7 Å². The van der Waals surface area contributed by atoms with E-state index in [0.29, 0.717) is 11.7 Å². The minimum Gasteiger partial charge on any atom is -0.493 e. The summed E-state index contributed by atoms with van der Waals surface area (Å²) in [4.78, 5) is 2.35. The molecule has 27 heavy (non-hydrogen) atoms. The molecule has 1 heterocycles. The number of ether oxygens (including phenoxy) is 2. The van der Waals surface area contributed by atoms with Crippen LogP contribution in [0.5, 0.6) is 5.75 Å². The van der Waals surface area contributed by atoms with Crippen LogP contribution in [0.3, 0.4) is 0 Å². The van der Waals surface area contributed by atoms with Crippen LogP contribution < -0.4 is 15.5 Å². The second-order valence-electron chi connectivity index (χ2n) is 6.21. The van der Waals surface area contributed by atoms with Crippen molar-refractivity contribution in [2.75, 3.05) is 46.0 Å². The number of hydrogen-bond acceptors (Lipinski definition) is 5. The van der Waals surface area contributed by atoms with Crippen molar-refractivity contribution in [3.63, 3.8) is 0 Å². The number of morpholine rings is 1. The molecule has 2 N–H and O–H groups in total. The second-order valence-corrected chi connectivity index (χ2v) is 6.62. The van der Waals surface area contributed by atoms with E-state index in [-0.39, 0.29) is 0 Å². The summed E-state index contributed by atoms with van der Waals surface area (Å²) in [5.74, 6) is 0.813. The quantitative estimate of drug-likeness (QED) is 0.433. The zero-order valence-electron chi connectivity index (χ0n) is 15.6. The van der Waals surface area contributed by atoms with Gasteiger partial charge >= 0.3 is 0 Å². The first-order chi connectivity index (χ1) is 13.3. The molecule has 0 unspecified atom stereocenters. The van der Waals surface area contributed by atoms with Gasteiger partial charge in [0.25, 0.3) is 0 Å². The number of benzene rings is 2. The summed E-state index contributed by atoms with van der Waals surface area (Å²) in [7, 11) is 0. The Morgan fingerprint density at radius 3 is 2.89 bits per heavy atom. The number of nitrogens with zero attached hydrogens (tertiary/aromatic N) is 2. The van der Waals surface area contributed by atoms with Crippen LogP contribution in [-0.2, 0) is 4.74 Å². The first kappa shape index (κ1) is 19.5. The maximum atomic E-state index is 5.75. The predicted molar refractivity (Wildman–Crippen MR) is 114 cm³/mol. The van der Waals surface area contributed by atoms with Gasteiger partial charge in [-0.1, -0.05) is 30.3 Å². The summed E-state index contributed by atoms with van der Waals surface area (Å²) in [6.07, 6.45) is 1.77. The number of hydrazone groups is 1. The van der Waals surface area contributed by atoms with Crippen LogP contribution in [-0.4, -0.2) is 62.2 Å². The molecule has 2 aromatic rings. The van der Waals surface area contributed by atoms with Crippen LogP contribution in [0.15, 0.2) is 41.5 Å². The standard InChI is InChI=1S/C20H26N4O2S/c1-2-26-19-8-7-16-5-3-4-6-17(16)18(19)15-22-23-20(27)21-9-10-24-11-13-25-14-12-24/h3-8,15H,2,9-14H2,1H3,(H2,21,23,27)/b22-15+. The Kier molecular flexibility index (Phi) is 7.38. The average molecular weight is 387 g/mol. The van der Waals surface area contributed by atoms with E-state index in [1.165, 1.54) is 0 Å². The van der Waals surface area contributed by atoms with Crippen molar-refractivity contribution in [3.05, 3.63) is 42.0 Å². The lowest BCUT2D eigenvalue weighted by molar-refractivity contribution is 0.0389. The minimum atomic E-state index is 0.512. The zero-order chi connectivity index (χ0) is 18.9. The van der Waals surface area contributed by atoms with Crippen LogP contribution >= 0.6 is 12.2 Å². The molecule has 2 aromatic carbocycles. The van der Waals surface area contributed by atoms with Crippen LogP contribution in [0.4, 0.5) is 0 Å². The number of hydrogen-bond donors (Lipinski definition) is 2. The molecule has 0 aromatic heterocycles. The molecule has 0 amide bonds. The van der Waals surface area contributed by atoms with Gasteiger partial charge in [0.15, 0.2) is 5.11 Å². The highest BCUT2D eigenvalue weighted by atomic mass is 32.1. The molecule has 0 spiro atoms. The maximum absolute atomic E-state index is 5.75. The molecule has 7 heteroatoms. The molecular weight excluding hydrogens is 360 g/mol. The third kappa shape index (κ3) is 5.63. The molecule has 144 valence electrons. The Bertz CT molecular complexity index is 791. The van der Waals surface area contributed by atoms with Crippen molar-refractivity contribution in [2.24, 2.45) is 5.10 Å². The van der Waals surface area contributed by atoms with Gasteiger partial charge in [0.1, 0.15) is 5.75 Å². The summed E-state index contributed by atoms with van der Waals surface area (Å²) in [5.41, 5.74) is 3.84. The van der Waals surface area contributed by atoms with E-state index < -0.39 is 0 Å². The molecule has 0 radical (unpaired) electrons. The van der Waals surface area contributed by atoms with Crippen molar-refractivity contribution in [1.29, 1.82) is 0 Å². The molecule has 1 aliphatic rings. The Morgan fingerprint density at radius 1 is 1.26 bits per heavy atom. The summed E-state index contributed by atoms with van der Waals surface area (Å²) >= 11 is 5.31.